The van der Waals surface area contributed by atoms with Crippen LogP contribution >= 0.6 is 0 Å². The number of hydrogen-bond acceptors (Lipinski definition) is 3. The highest BCUT2D eigenvalue weighted by Crippen LogP contribution is 2.35. The largest absolute Gasteiger partial charge is 0.383 e. The predicted molar refractivity (Wildman–Crippen MR) is 67.9 cm³/mol. The van der Waals surface area contributed by atoms with Gasteiger partial charge in [0.05, 0.1) is 24.3 Å². The van der Waals surface area contributed by atoms with Crippen LogP contribution in [0.3, 0.4) is 0 Å². The average Bonchev–Trinajstić information content (AvgIpc) is 3.18. The van der Waals surface area contributed by atoms with Crippen molar-refractivity contribution in [3.05, 3.63) is 29.1 Å². The maximum atomic E-state index is 13.7. The van der Waals surface area contributed by atoms with E-state index >= 15 is 0 Å². The Kier molecular flexibility index (Phi) is 3.83. The molecule has 1 N–H and O–H groups in total. The molecule has 0 aromatic heterocycles. The number of ether oxygens (including phenoxy) is 1. The first-order valence-electron chi connectivity index (χ1n) is 6.11. The van der Waals surface area contributed by atoms with Crippen LogP contribution in [0, 0.1) is 30.0 Å². The highest BCUT2D eigenvalue weighted by Gasteiger charge is 2.31. The van der Waals surface area contributed by atoms with E-state index in [0.29, 0.717) is 29.3 Å². The minimum atomic E-state index is -0.344. The average molecular weight is 248 g/mol. The number of benzene rings is 1. The minimum Gasteiger partial charge on any atom is -0.383 e. The van der Waals surface area contributed by atoms with E-state index in [1.54, 1.807) is 20.1 Å². The molecule has 1 saturated carbocycles. The van der Waals surface area contributed by atoms with Gasteiger partial charge in [-0.1, -0.05) is 0 Å². The van der Waals surface area contributed by atoms with Gasteiger partial charge >= 0.3 is 0 Å². The first-order chi connectivity index (χ1) is 8.65. The van der Waals surface area contributed by atoms with Crippen LogP contribution in [0.25, 0.3) is 0 Å². The Morgan fingerprint density at radius 3 is 2.83 bits per heavy atom. The first-order valence-corrected chi connectivity index (χ1v) is 6.11. The zero-order valence-corrected chi connectivity index (χ0v) is 10.7. The minimum absolute atomic E-state index is 0.196. The predicted octanol–water partition coefficient (Wildman–Crippen LogP) is 2.84. The second-order valence-corrected chi connectivity index (χ2v) is 4.79. The van der Waals surface area contributed by atoms with Crippen LogP contribution in [0.4, 0.5) is 10.1 Å². The summed E-state index contributed by atoms with van der Waals surface area (Å²) < 4.78 is 18.8. The van der Waals surface area contributed by atoms with Crippen molar-refractivity contribution in [2.75, 3.05) is 19.0 Å². The lowest BCUT2D eigenvalue weighted by molar-refractivity contribution is 0.179. The van der Waals surface area contributed by atoms with Gasteiger partial charge in [-0.25, -0.2) is 4.39 Å². The number of nitrogens with one attached hydrogen (secondary N) is 1. The molecule has 0 heterocycles. The summed E-state index contributed by atoms with van der Waals surface area (Å²) in [4.78, 5) is 0. The van der Waals surface area contributed by atoms with E-state index in [1.807, 2.05) is 6.07 Å². The lowest BCUT2D eigenvalue weighted by atomic mass is 10.1. The lowest BCUT2D eigenvalue weighted by Crippen LogP contribution is -2.27. The fourth-order valence-electron chi connectivity index (χ4n) is 2.07. The Labute approximate surface area is 107 Å². The number of nitrogens with zero attached hydrogens (tertiary/aromatic N) is 1. The van der Waals surface area contributed by atoms with Crippen molar-refractivity contribution in [3.8, 4) is 6.07 Å². The van der Waals surface area contributed by atoms with Gasteiger partial charge in [0, 0.05) is 18.4 Å². The Balaban J connectivity index is 2.21. The molecule has 3 nitrogen and oxygen atoms in total. The van der Waals surface area contributed by atoms with Crippen molar-refractivity contribution in [2.24, 2.45) is 5.92 Å². The van der Waals surface area contributed by atoms with Gasteiger partial charge < -0.3 is 10.1 Å². The summed E-state index contributed by atoms with van der Waals surface area (Å²) in [6, 6.07) is 5.14. The second kappa shape index (κ2) is 5.36. The number of nitriles is 1. The molecule has 4 heteroatoms. The van der Waals surface area contributed by atoms with Crippen molar-refractivity contribution in [3.63, 3.8) is 0 Å². The van der Waals surface area contributed by atoms with Crippen LogP contribution < -0.4 is 5.32 Å². The van der Waals surface area contributed by atoms with Crippen molar-refractivity contribution in [2.45, 2.75) is 25.8 Å². The van der Waals surface area contributed by atoms with Gasteiger partial charge in [-0.15, -0.1) is 0 Å². The van der Waals surface area contributed by atoms with E-state index in [4.69, 9.17) is 10.00 Å². The smallest absolute Gasteiger partial charge is 0.129 e. The van der Waals surface area contributed by atoms with Gasteiger partial charge in [-0.2, -0.15) is 5.26 Å². The monoisotopic (exact) mass is 248 g/mol. The van der Waals surface area contributed by atoms with Crippen LogP contribution in [0.15, 0.2) is 12.1 Å². The van der Waals surface area contributed by atoms with Crippen molar-refractivity contribution in [1.29, 1.82) is 5.26 Å². The summed E-state index contributed by atoms with van der Waals surface area (Å²) in [5, 5.41) is 12.2. The number of anilines is 1. The third-order valence-corrected chi connectivity index (χ3v) is 3.35. The van der Waals surface area contributed by atoms with Crippen molar-refractivity contribution < 1.29 is 9.13 Å². The van der Waals surface area contributed by atoms with Gasteiger partial charge in [-0.3, -0.25) is 0 Å². The lowest BCUT2D eigenvalue weighted by Gasteiger charge is -2.20. The van der Waals surface area contributed by atoms with Crippen LogP contribution in [0.1, 0.15) is 24.0 Å². The van der Waals surface area contributed by atoms with Gasteiger partial charge in [-0.05, 0) is 37.8 Å². The number of methoxy groups -OCH3 is 1. The molecule has 1 atom stereocenters. The summed E-state index contributed by atoms with van der Waals surface area (Å²) in [5.41, 5.74) is 1.59. The Bertz CT molecular complexity index is 477. The molecule has 18 heavy (non-hydrogen) atoms. The second-order valence-electron chi connectivity index (χ2n) is 4.79. The molecule has 1 aliphatic carbocycles. The van der Waals surface area contributed by atoms with Gasteiger partial charge in [0.1, 0.15) is 5.82 Å². The number of hydrogen-bond donors (Lipinski definition) is 1. The van der Waals surface area contributed by atoms with E-state index in [9.17, 15) is 4.39 Å². The maximum Gasteiger partial charge on any atom is 0.129 e. The molecule has 1 fully saturated rings. The van der Waals surface area contributed by atoms with Crippen LogP contribution in [-0.4, -0.2) is 19.8 Å². The third kappa shape index (κ3) is 2.80. The fraction of sp³-hybridized carbons (Fsp3) is 0.500. The van der Waals surface area contributed by atoms with E-state index in [-0.39, 0.29) is 11.9 Å². The Morgan fingerprint density at radius 1 is 1.56 bits per heavy atom. The molecule has 0 aliphatic heterocycles. The van der Waals surface area contributed by atoms with Gasteiger partial charge in [0.25, 0.3) is 0 Å². The highest BCUT2D eigenvalue weighted by molar-refractivity contribution is 5.56. The molecule has 1 aromatic rings. The molecular formula is C14H17FN2O. The number of halogens is 1. The molecule has 0 bridgehead atoms. The van der Waals surface area contributed by atoms with Gasteiger partial charge in [0.2, 0.25) is 0 Å². The summed E-state index contributed by atoms with van der Waals surface area (Å²) >= 11 is 0. The van der Waals surface area contributed by atoms with Gasteiger partial charge in [0.15, 0.2) is 0 Å². The third-order valence-electron chi connectivity index (χ3n) is 3.35. The zero-order chi connectivity index (χ0) is 13.1. The van der Waals surface area contributed by atoms with Crippen LogP contribution in [0.2, 0.25) is 0 Å². The summed E-state index contributed by atoms with van der Waals surface area (Å²) in [7, 11) is 1.66. The Hall–Kier alpha value is -1.60. The van der Waals surface area contributed by atoms with E-state index < -0.39 is 0 Å². The normalized spacial score (nSPS) is 16.1. The quantitative estimate of drug-likeness (QED) is 0.871. The molecule has 2 rings (SSSR count). The zero-order valence-electron chi connectivity index (χ0n) is 10.7. The fourth-order valence-corrected chi connectivity index (χ4v) is 2.07. The van der Waals surface area contributed by atoms with Crippen LogP contribution in [-0.2, 0) is 4.74 Å². The SMILES string of the molecule is COCC(Nc1cc(C#N)cc(F)c1C)C1CC1. The standard InChI is InChI=1S/C14H17FN2O/c1-9-12(15)5-10(7-16)6-13(9)17-14(8-18-2)11-3-4-11/h5-6,11,14,17H,3-4,8H2,1-2H3. The van der Waals surface area contributed by atoms with Crippen molar-refractivity contribution in [1.82, 2.24) is 0 Å². The van der Waals surface area contributed by atoms with Crippen LogP contribution in [0.5, 0.6) is 0 Å². The molecule has 0 saturated heterocycles. The van der Waals surface area contributed by atoms with Crippen molar-refractivity contribution >= 4 is 5.69 Å². The summed E-state index contributed by atoms with van der Waals surface area (Å²) in [5.74, 6) is 0.252. The van der Waals surface area contributed by atoms with E-state index in [1.165, 1.54) is 18.9 Å². The Morgan fingerprint density at radius 2 is 2.28 bits per heavy atom. The summed E-state index contributed by atoms with van der Waals surface area (Å²) in [6.45, 7) is 2.32. The molecule has 0 amide bonds. The topological polar surface area (TPSA) is 45.0 Å². The molecule has 96 valence electrons. The molecule has 1 aromatic carbocycles. The maximum absolute atomic E-state index is 13.7. The molecule has 0 spiro atoms. The highest BCUT2D eigenvalue weighted by atomic mass is 19.1. The number of rotatable bonds is 5. The van der Waals surface area contributed by atoms with E-state index in [0.717, 1.165) is 0 Å². The molecule has 0 radical (unpaired) electrons. The first kappa shape index (κ1) is 12.8. The molecule has 1 unspecified atom stereocenters. The molecule has 1 aliphatic rings. The molecular weight excluding hydrogens is 231 g/mol. The summed E-state index contributed by atoms with van der Waals surface area (Å²) in [6.07, 6.45) is 2.36. The van der Waals surface area contributed by atoms with E-state index in [2.05, 4.69) is 5.32 Å².